The van der Waals surface area contributed by atoms with Crippen molar-refractivity contribution in [1.82, 2.24) is 24.5 Å². The van der Waals surface area contributed by atoms with Crippen LogP contribution < -0.4 is 25.1 Å². The number of halogens is 1. The molecule has 1 aliphatic rings. The van der Waals surface area contributed by atoms with Crippen LogP contribution in [0.4, 0.5) is 16.0 Å². The predicted octanol–water partition coefficient (Wildman–Crippen LogP) is 4.25. The van der Waals surface area contributed by atoms with Gasteiger partial charge in [0.05, 0.1) is 41.6 Å². The van der Waals surface area contributed by atoms with Crippen molar-refractivity contribution in [3.8, 4) is 34.4 Å². The van der Waals surface area contributed by atoms with Crippen molar-refractivity contribution in [3.05, 3.63) is 83.4 Å². The first-order chi connectivity index (χ1) is 19.5. The first kappa shape index (κ1) is 25.2. The number of nitrogens with zero attached hydrogens (tertiary/aromatic N) is 5. The number of hydrogen-bond donors (Lipinski definition) is 1. The molecule has 0 radical (unpaired) electrons. The van der Waals surface area contributed by atoms with E-state index in [1.165, 1.54) is 35.4 Å². The van der Waals surface area contributed by atoms with Crippen LogP contribution in [0.5, 0.6) is 23.1 Å². The molecular weight excluding hydrogens is 519 g/mol. The predicted molar refractivity (Wildman–Crippen MR) is 144 cm³/mol. The van der Waals surface area contributed by atoms with Crippen molar-refractivity contribution in [2.45, 2.75) is 0 Å². The van der Waals surface area contributed by atoms with Gasteiger partial charge in [-0.15, -0.1) is 0 Å². The molecule has 40 heavy (non-hydrogen) atoms. The number of ether oxygens (including phenoxy) is 4. The van der Waals surface area contributed by atoms with Crippen LogP contribution in [0.15, 0.2) is 72.0 Å². The average molecular weight is 543 g/mol. The fourth-order valence-electron chi connectivity index (χ4n) is 4.08. The van der Waals surface area contributed by atoms with E-state index in [1.54, 1.807) is 43.4 Å². The van der Waals surface area contributed by atoms with Gasteiger partial charge in [-0.2, -0.15) is 0 Å². The van der Waals surface area contributed by atoms with Gasteiger partial charge in [0.1, 0.15) is 31.1 Å². The van der Waals surface area contributed by atoms with Crippen LogP contribution in [0.2, 0.25) is 0 Å². The minimum Gasteiger partial charge on any atom is -0.487 e. The first-order valence-electron chi connectivity index (χ1n) is 12.4. The second-order valence-electron chi connectivity index (χ2n) is 8.78. The zero-order valence-corrected chi connectivity index (χ0v) is 21.3. The molecule has 0 aliphatic carbocycles. The van der Waals surface area contributed by atoms with Crippen LogP contribution in [0.3, 0.4) is 0 Å². The molecule has 202 valence electrons. The average Bonchev–Trinajstić information content (AvgIpc) is 3.08. The highest BCUT2D eigenvalue weighted by Crippen LogP contribution is 2.36. The molecule has 5 aromatic rings. The number of rotatable bonds is 5. The quantitative estimate of drug-likeness (QED) is 0.345. The molecule has 11 nitrogen and oxygen atoms in total. The van der Waals surface area contributed by atoms with Crippen LogP contribution in [0.1, 0.15) is 0 Å². The second-order valence-corrected chi connectivity index (χ2v) is 8.78. The maximum absolute atomic E-state index is 13.2. The van der Waals surface area contributed by atoms with E-state index in [0.717, 1.165) is 0 Å². The summed E-state index contributed by atoms with van der Waals surface area (Å²) in [5, 5.41) is 3.64. The second kappa shape index (κ2) is 10.9. The number of benzene rings is 2. The van der Waals surface area contributed by atoms with E-state index >= 15 is 0 Å². The maximum Gasteiger partial charge on any atom is 0.264 e. The van der Waals surface area contributed by atoms with Gasteiger partial charge in [0, 0.05) is 25.0 Å². The Morgan fingerprint density at radius 2 is 1.68 bits per heavy atom. The summed E-state index contributed by atoms with van der Waals surface area (Å²) in [4.78, 5) is 30.4. The van der Waals surface area contributed by atoms with Crippen molar-refractivity contribution in [2.24, 2.45) is 7.05 Å². The van der Waals surface area contributed by atoms with Crippen LogP contribution in [-0.2, 0) is 11.8 Å². The molecule has 2 aromatic carbocycles. The zero-order valence-electron chi connectivity index (χ0n) is 21.3. The third-order valence-corrected chi connectivity index (χ3v) is 6.13. The lowest BCUT2D eigenvalue weighted by Gasteiger charge is -2.13. The Kier molecular flexibility index (Phi) is 6.89. The fourth-order valence-corrected chi connectivity index (χ4v) is 4.08. The molecule has 1 N–H and O–H groups in total. The van der Waals surface area contributed by atoms with Gasteiger partial charge < -0.3 is 24.3 Å². The minimum atomic E-state index is -0.353. The fraction of sp³-hybridized carbons (Fsp3) is 0.179. The van der Waals surface area contributed by atoms with Crippen LogP contribution in [0.25, 0.3) is 22.2 Å². The Morgan fingerprint density at radius 1 is 0.900 bits per heavy atom. The Labute approximate surface area is 227 Å². The molecule has 6 rings (SSSR count). The van der Waals surface area contributed by atoms with Gasteiger partial charge >= 0.3 is 0 Å². The van der Waals surface area contributed by atoms with E-state index in [1.807, 2.05) is 0 Å². The Bertz CT molecular complexity index is 1730. The highest BCUT2D eigenvalue weighted by atomic mass is 19.1. The SMILES string of the molecule is Cn1c(Nc2ccc(F)cc2)ncc(-c2ccc(Oc3ncnc4cc5c(cc34)OCCOCCO5)cn2)c1=O. The summed E-state index contributed by atoms with van der Waals surface area (Å²) >= 11 is 0. The largest absolute Gasteiger partial charge is 0.487 e. The summed E-state index contributed by atoms with van der Waals surface area (Å²) in [6, 6.07) is 12.7. The number of anilines is 2. The van der Waals surface area contributed by atoms with E-state index in [4.69, 9.17) is 18.9 Å². The molecular formula is C28H23FN6O5. The van der Waals surface area contributed by atoms with Crippen LogP contribution in [0, 0.1) is 5.82 Å². The summed E-state index contributed by atoms with van der Waals surface area (Å²) in [6.07, 6.45) is 4.35. The number of nitrogens with one attached hydrogen (secondary N) is 1. The summed E-state index contributed by atoms with van der Waals surface area (Å²) in [7, 11) is 1.59. The molecule has 0 bridgehead atoms. The number of fused-ring (bicyclic) bond motifs is 2. The van der Waals surface area contributed by atoms with Gasteiger partial charge in [0.25, 0.3) is 5.56 Å². The van der Waals surface area contributed by atoms with Gasteiger partial charge in [-0.25, -0.2) is 19.3 Å². The van der Waals surface area contributed by atoms with Crippen molar-refractivity contribution in [3.63, 3.8) is 0 Å². The monoisotopic (exact) mass is 542 g/mol. The van der Waals surface area contributed by atoms with Crippen molar-refractivity contribution >= 4 is 22.5 Å². The molecule has 0 fully saturated rings. The van der Waals surface area contributed by atoms with E-state index in [0.29, 0.717) is 83.4 Å². The molecule has 0 unspecified atom stereocenters. The molecule has 0 amide bonds. The first-order valence-corrected chi connectivity index (χ1v) is 12.4. The van der Waals surface area contributed by atoms with E-state index in [9.17, 15) is 9.18 Å². The van der Waals surface area contributed by atoms with E-state index in [2.05, 4.69) is 25.3 Å². The lowest BCUT2D eigenvalue weighted by atomic mass is 10.2. The zero-order chi connectivity index (χ0) is 27.5. The van der Waals surface area contributed by atoms with Crippen molar-refractivity contribution in [2.75, 3.05) is 31.7 Å². The Morgan fingerprint density at radius 3 is 2.42 bits per heavy atom. The smallest absolute Gasteiger partial charge is 0.264 e. The molecule has 12 heteroatoms. The lowest BCUT2D eigenvalue weighted by Crippen LogP contribution is -2.22. The molecule has 0 saturated heterocycles. The lowest BCUT2D eigenvalue weighted by molar-refractivity contribution is 0.0877. The number of hydrogen-bond acceptors (Lipinski definition) is 10. The van der Waals surface area contributed by atoms with Crippen LogP contribution >= 0.6 is 0 Å². The Balaban J connectivity index is 1.24. The van der Waals surface area contributed by atoms with Gasteiger partial charge in [-0.05, 0) is 42.5 Å². The molecule has 0 spiro atoms. The van der Waals surface area contributed by atoms with Gasteiger partial charge in [-0.3, -0.25) is 14.3 Å². The third-order valence-electron chi connectivity index (χ3n) is 6.13. The van der Waals surface area contributed by atoms with Gasteiger partial charge in [0.15, 0.2) is 11.5 Å². The summed E-state index contributed by atoms with van der Waals surface area (Å²) in [6.45, 7) is 1.72. The Hall–Kier alpha value is -5.10. The van der Waals surface area contributed by atoms with Crippen molar-refractivity contribution < 1.29 is 23.3 Å². The topological polar surface area (TPSA) is 123 Å². The van der Waals surface area contributed by atoms with Gasteiger partial charge in [-0.1, -0.05) is 0 Å². The molecule has 0 atom stereocenters. The van der Waals surface area contributed by atoms with E-state index in [-0.39, 0.29) is 11.4 Å². The maximum atomic E-state index is 13.2. The normalized spacial score (nSPS) is 13.2. The van der Waals surface area contributed by atoms with Gasteiger partial charge in [0.2, 0.25) is 11.8 Å². The standard InChI is InChI=1S/C28H23FN6O5/c1-35-27(36)21(15-31-28(35)34-18-4-2-17(29)3-5-18)22-7-6-19(14-30-22)40-26-20-12-24-25(13-23(20)32-16-33-26)39-11-9-37-8-10-38-24/h2-7,12-16H,8-11H2,1H3,(H,31,34). The van der Waals surface area contributed by atoms with Crippen LogP contribution in [-0.4, -0.2) is 50.9 Å². The minimum absolute atomic E-state index is 0.303. The molecule has 4 heterocycles. The third kappa shape index (κ3) is 5.24. The molecule has 0 saturated carbocycles. The number of pyridine rings is 1. The molecule has 3 aromatic heterocycles. The number of aromatic nitrogens is 5. The summed E-state index contributed by atoms with van der Waals surface area (Å²) in [5.74, 6) is 1.80. The van der Waals surface area contributed by atoms with Crippen molar-refractivity contribution in [1.29, 1.82) is 0 Å². The van der Waals surface area contributed by atoms with E-state index < -0.39 is 0 Å². The molecule has 1 aliphatic heterocycles. The highest BCUT2D eigenvalue weighted by molar-refractivity contribution is 5.87. The summed E-state index contributed by atoms with van der Waals surface area (Å²) in [5.41, 5.74) is 1.65. The highest BCUT2D eigenvalue weighted by Gasteiger charge is 2.16. The summed E-state index contributed by atoms with van der Waals surface area (Å²) < 4.78 is 37.6.